The molecule has 0 amide bonds. The molecule has 2 aromatic rings. The molecule has 0 spiro atoms. The first kappa shape index (κ1) is 34.5. The van der Waals surface area contributed by atoms with Crippen LogP contribution < -0.4 is 5.73 Å². The highest BCUT2D eigenvalue weighted by Gasteiger charge is 2.43. The lowest BCUT2D eigenvalue weighted by Crippen LogP contribution is -2.29. The van der Waals surface area contributed by atoms with Crippen molar-refractivity contribution in [1.82, 2.24) is 14.5 Å². The number of phosphoric acid groups is 3. The van der Waals surface area contributed by atoms with Gasteiger partial charge in [-0.05, 0) is 0 Å². The molecule has 1 saturated heterocycles. The molecular weight excluding hydrogens is 645 g/mol. The zero-order valence-corrected chi connectivity index (χ0v) is 26.7. The maximum atomic E-state index is 12.3. The van der Waals surface area contributed by atoms with E-state index in [4.69, 9.17) is 29.5 Å². The minimum atomic E-state index is -5.67. The van der Waals surface area contributed by atoms with Gasteiger partial charge in [-0.25, -0.2) is 23.7 Å². The maximum absolute atomic E-state index is 12.3. The van der Waals surface area contributed by atoms with Crippen molar-refractivity contribution >= 4 is 61.9 Å². The summed E-state index contributed by atoms with van der Waals surface area (Å²) in [5.74, 6) is 6.46. The van der Waals surface area contributed by atoms with Gasteiger partial charge in [0.1, 0.15) is 36.1 Å². The van der Waals surface area contributed by atoms with E-state index in [1.165, 1.54) is 17.1 Å². The molecule has 3 heterocycles. The highest BCUT2D eigenvalue weighted by atomic mass is 33.1. The van der Waals surface area contributed by atoms with Crippen LogP contribution in [-0.4, -0.2) is 63.6 Å². The Labute approximate surface area is 243 Å². The normalized spacial score (nSPS) is 22.7. The molecule has 0 aliphatic carbocycles. The van der Waals surface area contributed by atoms with Crippen molar-refractivity contribution in [2.45, 2.75) is 63.7 Å². The summed E-state index contributed by atoms with van der Waals surface area (Å²) >= 11 is 0. The number of rotatable bonds is 12. The van der Waals surface area contributed by atoms with Crippen molar-refractivity contribution in [3.8, 4) is 11.8 Å². The van der Waals surface area contributed by atoms with E-state index in [9.17, 15) is 23.5 Å². The zero-order valence-electron chi connectivity index (χ0n) is 22.3. The Morgan fingerprint density at radius 1 is 1.17 bits per heavy atom. The lowest BCUT2D eigenvalue weighted by atomic mass is 10.2. The van der Waals surface area contributed by atoms with Gasteiger partial charge in [-0.3, -0.25) is 4.52 Å². The Morgan fingerprint density at radius 2 is 1.88 bits per heavy atom. The highest BCUT2D eigenvalue weighted by Crippen LogP contribution is 2.66. The molecule has 1 aliphatic rings. The Hall–Kier alpha value is -0.990. The highest BCUT2D eigenvalue weighted by molar-refractivity contribution is 8.77. The first-order valence-electron chi connectivity index (χ1n) is 11.9. The molecule has 230 valence electrons. The topological polar surface area (TPSA) is 235 Å². The fourth-order valence-electron chi connectivity index (χ4n) is 3.59. The number of hydrogen-bond donors (Lipinski definition) is 5. The van der Waals surface area contributed by atoms with Crippen molar-refractivity contribution in [2.75, 3.05) is 18.3 Å². The first-order chi connectivity index (χ1) is 18.9. The minimum absolute atomic E-state index is 0.0425. The maximum Gasteiger partial charge on any atom is 0.490 e. The number of anilines is 1. The molecule has 5 atom stereocenters. The van der Waals surface area contributed by atoms with E-state index in [1.54, 1.807) is 21.6 Å². The van der Waals surface area contributed by atoms with Gasteiger partial charge in [0.25, 0.3) is 0 Å². The number of phosphoric ester groups is 1. The van der Waals surface area contributed by atoms with Gasteiger partial charge < -0.3 is 39.3 Å². The van der Waals surface area contributed by atoms with Crippen molar-refractivity contribution in [2.24, 2.45) is 0 Å². The Balaban J connectivity index is 1.82. The third kappa shape index (κ3) is 10.6. The molecule has 1 fully saturated rings. The summed E-state index contributed by atoms with van der Waals surface area (Å²) in [4.78, 5) is 45.2. The van der Waals surface area contributed by atoms with Gasteiger partial charge in [0.15, 0.2) is 0 Å². The first-order valence-corrected chi connectivity index (χ1v) is 18.7. The molecule has 2 unspecified atom stereocenters. The lowest BCUT2D eigenvalue weighted by molar-refractivity contribution is -0.0520. The van der Waals surface area contributed by atoms with Crippen LogP contribution in [0.1, 0.15) is 52.3 Å². The van der Waals surface area contributed by atoms with Crippen LogP contribution in [0, 0.1) is 11.8 Å². The number of hydrogen-bond acceptors (Lipinski definition) is 13. The van der Waals surface area contributed by atoms with Gasteiger partial charge >= 0.3 is 23.5 Å². The summed E-state index contributed by atoms with van der Waals surface area (Å²) in [6.45, 7) is 7.34. The average molecular weight is 677 g/mol. The predicted octanol–water partition coefficient (Wildman–Crippen LogP) is 3.93. The second-order valence-corrected chi connectivity index (χ2v) is 16.9. The van der Waals surface area contributed by atoms with Crippen LogP contribution in [0.5, 0.6) is 0 Å². The van der Waals surface area contributed by atoms with Crippen molar-refractivity contribution < 1.29 is 55.9 Å². The Morgan fingerprint density at radius 3 is 2.51 bits per heavy atom. The number of fused-ring (bicyclic) bond motifs is 1. The van der Waals surface area contributed by atoms with Gasteiger partial charge in [-0.15, -0.1) is 0 Å². The molecule has 21 heteroatoms. The van der Waals surface area contributed by atoms with Gasteiger partial charge in [0, 0.05) is 23.8 Å². The minimum Gasteiger partial charge on any atom is -0.383 e. The van der Waals surface area contributed by atoms with E-state index in [2.05, 4.69) is 30.4 Å². The SMILES string of the molecule is CCC#Cc1cn([C@H]2C[C@@H](OCSSC(C)(C)C)[C@@H](COP(=O)(O)OP(=O)(O)OP(=O)(O)O)O2)c2ncnc(N)c12. The Kier molecular flexibility index (Phi) is 11.6. The van der Waals surface area contributed by atoms with Crippen LogP contribution in [0.3, 0.4) is 0 Å². The van der Waals surface area contributed by atoms with Crippen LogP contribution in [-0.2, 0) is 36.3 Å². The van der Waals surface area contributed by atoms with E-state index in [1.807, 2.05) is 27.7 Å². The molecule has 1 aliphatic heterocycles. The van der Waals surface area contributed by atoms with Crippen molar-refractivity contribution in [3.63, 3.8) is 0 Å². The standard InChI is InChI=1S/C20H31N4O12P3S2/c1-5-6-7-13-9-24(19-17(13)18(21)22-11-23-19)16-8-14(32-12-40-41-20(2,3)4)15(34-16)10-33-38(28,29)36-39(30,31)35-37(25,26)27/h9,11,14-16H,5,8,10,12H2,1-4H3,(H,28,29)(H,30,31)(H2,21,22,23)(H2,25,26,27)/t14-,15-,16-/m1/s1. The summed E-state index contributed by atoms with van der Waals surface area (Å²) in [5.41, 5.74) is 7.11. The second-order valence-electron chi connectivity index (χ2n) is 9.45. The third-order valence-corrected chi connectivity index (χ3v) is 11.8. The zero-order chi connectivity index (χ0) is 30.6. The van der Waals surface area contributed by atoms with Crippen LogP contribution >= 0.6 is 45.1 Å². The molecule has 0 bridgehead atoms. The van der Waals surface area contributed by atoms with Crippen molar-refractivity contribution in [3.05, 3.63) is 18.1 Å². The molecule has 0 saturated carbocycles. The van der Waals surface area contributed by atoms with Crippen LogP contribution in [0.15, 0.2) is 12.5 Å². The van der Waals surface area contributed by atoms with Crippen LogP contribution in [0.2, 0.25) is 0 Å². The van der Waals surface area contributed by atoms with Gasteiger partial charge in [0.2, 0.25) is 0 Å². The summed E-state index contributed by atoms with van der Waals surface area (Å²) in [5, 5.41) is 0.531. The molecule has 41 heavy (non-hydrogen) atoms. The predicted molar refractivity (Wildman–Crippen MR) is 152 cm³/mol. The average Bonchev–Trinajstić information content (AvgIpc) is 3.38. The van der Waals surface area contributed by atoms with E-state index < -0.39 is 48.5 Å². The van der Waals surface area contributed by atoms with E-state index >= 15 is 0 Å². The molecule has 6 N–H and O–H groups in total. The number of nitrogens with two attached hydrogens (primary N) is 1. The van der Waals surface area contributed by atoms with E-state index in [0.717, 1.165) is 0 Å². The molecular formula is C20H31N4O12P3S2. The van der Waals surface area contributed by atoms with Crippen LogP contribution in [0.4, 0.5) is 5.82 Å². The van der Waals surface area contributed by atoms with E-state index in [0.29, 0.717) is 23.0 Å². The summed E-state index contributed by atoms with van der Waals surface area (Å²) in [7, 11) is -13.5. The monoisotopic (exact) mass is 676 g/mol. The summed E-state index contributed by atoms with van der Waals surface area (Å²) < 4.78 is 61.0. The smallest absolute Gasteiger partial charge is 0.383 e. The number of ether oxygens (including phenoxy) is 2. The van der Waals surface area contributed by atoms with Gasteiger partial charge in [0.05, 0.1) is 23.7 Å². The van der Waals surface area contributed by atoms with E-state index in [-0.39, 0.29) is 22.9 Å². The number of aromatic nitrogens is 3. The van der Waals surface area contributed by atoms with Gasteiger partial charge in [-0.1, -0.05) is 61.1 Å². The molecule has 3 rings (SSSR count). The fraction of sp³-hybridized carbons (Fsp3) is 0.600. The second kappa shape index (κ2) is 13.8. The molecule has 16 nitrogen and oxygen atoms in total. The largest absolute Gasteiger partial charge is 0.490 e. The molecule has 2 aromatic heterocycles. The number of nitrogen functional groups attached to an aromatic ring is 1. The number of nitrogens with zero attached hydrogens (tertiary/aromatic N) is 3. The quantitative estimate of drug-likeness (QED) is 0.0704. The van der Waals surface area contributed by atoms with Crippen LogP contribution in [0.25, 0.3) is 11.0 Å². The van der Waals surface area contributed by atoms with Gasteiger partial charge in [-0.2, -0.15) is 8.62 Å². The third-order valence-electron chi connectivity index (χ3n) is 4.99. The van der Waals surface area contributed by atoms with Crippen molar-refractivity contribution in [1.29, 1.82) is 0 Å². The lowest BCUT2D eigenvalue weighted by Gasteiger charge is -2.22. The fourth-order valence-corrected chi connectivity index (χ4v) is 8.62. The molecule has 0 aromatic carbocycles. The summed E-state index contributed by atoms with van der Waals surface area (Å²) in [6.07, 6.45) is 1.43. The Bertz CT molecular complexity index is 1440. The summed E-state index contributed by atoms with van der Waals surface area (Å²) in [6, 6.07) is 0. The molecule has 0 radical (unpaired) electrons.